The van der Waals surface area contributed by atoms with Gasteiger partial charge in [0.15, 0.2) is 0 Å². The van der Waals surface area contributed by atoms with Crippen molar-refractivity contribution in [2.24, 2.45) is 5.73 Å². The van der Waals surface area contributed by atoms with E-state index in [1.165, 1.54) is 4.90 Å². The number of carbonyl (C=O) groups is 1. The van der Waals surface area contributed by atoms with Crippen LogP contribution in [0.15, 0.2) is 84.5 Å². The van der Waals surface area contributed by atoms with Gasteiger partial charge in [0.2, 0.25) is 0 Å². The standard InChI is InChI=1S/C26H28ClN5O2/c1-4-6-11-22(24(27)28)32(3)26(33)20-16-18(17-31-25(20)29-5-2)13-15-34-23-12-14-30-21-10-8-7-9-19(21)23/h4,6-12,14,16-17H,1,5,13,15,28H2,2-3H3,(H,29,31)/b11-6-,24-22+. The van der Waals surface area contributed by atoms with Gasteiger partial charge in [0.1, 0.15) is 16.7 Å². The van der Waals surface area contributed by atoms with Gasteiger partial charge in [-0.2, -0.15) is 0 Å². The van der Waals surface area contributed by atoms with Gasteiger partial charge in [0.25, 0.3) is 5.91 Å². The van der Waals surface area contributed by atoms with E-state index in [1.54, 1.807) is 37.7 Å². The Morgan fingerprint density at radius 1 is 1.29 bits per heavy atom. The number of pyridine rings is 2. The Kier molecular flexibility index (Phi) is 8.65. The summed E-state index contributed by atoms with van der Waals surface area (Å²) in [6, 6.07) is 11.5. The number of amides is 1. The predicted molar refractivity (Wildman–Crippen MR) is 138 cm³/mol. The fourth-order valence-corrected chi connectivity index (χ4v) is 3.58. The van der Waals surface area contributed by atoms with Crippen LogP contribution in [-0.2, 0) is 6.42 Å². The fourth-order valence-electron chi connectivity index (χ4n) is 3.39. The van der Waals surface area contributed by atoms with Crippen molar-refractivity contribution >= 4 is 34.2 Å². The maximum Gasteiger partial charge on any atom is 0.261 e. The number of hydrogen-bond donors (Lipinski definition) is 2. The van der Waals surface area contributed by atoms with E-state index in [0.29, 0.717) is 36.7 Å². The number of hydrogen-bond acceptors (Lipinski definition) is 6. The number of aromatic nitrogens is 2. The molecule has 2 heterocycles. The summed E-state index contributed by atoms with van der Waals surface area (Å²) in [7, 11) is 1.61. The topological polar surface area (TPSA) is 93.4 Å². The number of likely N-dealkylation sites (N-methyl/N-ethyl adjacent to an activating group) is 1. The zero-order chi connectivity index (χ0) is 24.5. The molecule has 0 aliphatic carbocycles. The molecule has 0 radical (unpaired) electrons. The molecule has 0 unspecified atom stereocenters. The van der Waals surface area contributed by atoms with E-state index in [4.69, 9.17) is 22.1 Å². The molecule has 0 saturated carbocycles. The number of para-hydroxylation sites is 1. The first-order valence-corrected chi connectivity index (χ1v) is 11.3. The normalized spacial score (nSPS) is 11.9. The van der Waals surface area contributed by atoms with Crippen LogP contribution >= 0.6 is 11.6 Å². The van der Waals surface area contributed by atoms with Gasteiger partial charge >= 0.3 is 0 Å². The smallest absolute Gasteiger partial charge is 0.261 e. The third kappa shape index (κ3) is 5.94. The molecule has 0 saturated heterocycles. The molecule has 0 spiro atoms. The van der Waals surface area contributed by atoms with E-state index < -0.39 is 0 Å². The molecule has 1 amide bonds. The Labute approximate surface area is 204 Å². The van der Waals surface area contributed by atoms with Crippen LogP contribution < -0.4 is 15.8 Å². The molecule has 34 heavy (non-hydrogen) atoms. The lowest BCUT2D eigenvalue weighted by atomic mass is 10.1. The summed E-state index contributed by atoms with van der Waals surface area (Å²) in [5.41, 5.74) is 8.32. The van der Waals surface area contributed by atoms with Crippen LogP contribution in [0.2, 0.25) is 0 Å². The van der Waals surface area contributed by atoms with Crippen molar-refractivity contribution in [3.05, 3.63) is 95.6 Å². The quantitative estimate of drug-likeness (QED) is 0.320. The van der Waals surface area contributed by atoms with Crippen LogP contribution in [0.5, 0.6) is 5.75 Å². The fraction of sp³-hybridized carbons (Fsp3) is 0.192. The van der Waals surface area contributed by atoms with Gasteiger partial charge in [0, 0.05) is 37.8 Å². The highest BCUT2D eigenvalue weighted by molar-refractivity contribution is 6.29. The van der Waals surface area contributed by atoms with Crippen LogP contribution in [0, 0.1) is 0 Å². The molecule has 1 aromatic carbocycles. The SMILES string of the molecule is C=C/C=C\C(=C(/N)Cl)N(C)C(=O)c1cc(CCOc2ccnc3ccccc23)cnc1NCC. The van der Waals surface area contributed by atoms with E-state index in [0.717, 1.165) is 22.2 Å². The average molecular weight is 478 g/mol. The van der Waals surface area contributed by atoms with Gasteiger partial charge in [-0.1, -0.05) is 42.5 Å². The van der Waals surface area contributed by atoms with Crippen LogP contribution in [0.3, 0.4) is 0 Å². The molecule has 3 N–H and O–H groups in total. The summed E-state index contributed by atoms with van der Waals surface area (Å²) in [6.07, 6.45) is 8.91. The number of anilines is 1. The minimum atomic E-state index is -0.293. The molecule has 0 atom stereocenters. The van der Waals surface area contributed by atoms with Crippen LogP contribution in [0.1, 0.15) is 22.8 Å². The van der Waals surface area contributed by atoms with E-state index >= 15 is 0 Å². The number of nitrogens with zero attached hydrogens (tertiary/aromatic N) is 3. The monoisotopic (exact) mass is 477 g/mol. The Morgan fingerprint density at radius 3 is 2.82 bits per heavy atom. The second kappa shape index (κ2) is 11.9. The van der Waals surface area contributed by atoms with Gasteiger partial charge in [0.05, 0.1) is 23.4 Å². The molecule has 0 aliphatic heterocycles. The first-order chi connectivity index (χ1) is 16.5. The first kappa shape index (κ1) is 24.8. The maximum atomic E-state index is 13.3. The van der Waals surface area contributed by atoms with Gasteiger partial charge in [-0.15, -0.1) is 0 Å². The number of halogens is 1. The van der Waals surface area contributed by atoms with Crippen LogP contribution in [0.4, 0.5) is 5.82 Å². The summed E-state index contributed by atoms with van der Waals surface area (Å²) < 4.78 is 6.02. The Morgan fingerprint density at radius 2 is 2.09 bits per heavy atom. The molecule has 3 aromatic rings. The molecule has 7 nitrogen and oxygen atoms in total. The zero-order valence-corrected chi connectivity index (χ0v) is 20.0. The second-order valence-corrected chi connectivity index (χ2v) is 7.79. The number of benzene rings is 1. The highest BCUT2D eigenvalue weighted by atomic mass is 35.5. The number of nitrogens with two attached hydrogens (primary N) is 1. The number of ether oxygens (including phenoxy) is 1. The lowest BCUT2D eigenvalue weighted by Gasteiger charge is -2.21. The van der Waals surface area contributed by atoms with Crippen LogP contribution in [-0.4, -0.2) is 41.0 Å². The molecule has 8 heteroatoms. The third-order valence-electron chi connectivity index (χ3n) is 5.08. The number of fused-ring (bicyclic) bond motifs is 1. The molecule has 0 bridgehead atoms. The van der Waals surface area contributed by atoms with Crippen molar-refractivity contribution in [2.75, 3.05) is 25.5 Å². The summed E-state index contributed by atoms with van der Waals surface area (Å²) in [6.45, 7) is 6.61. The summed E-state index contributed by atoms with van der Waals surface area (Å²) in [5.74, 6) is 0.961. The van der Waals surface area contributed by atoms with Gasteiger partial charge in [-0.25, -0.2) is 4.98 Å². The minimum Gasteiger partial charge on any atom is -0.492 e. The molecular weight excluding hydrogens is 450 g/mol. The lowest BCUT2D eigenvalue weighted by Crippen LogP contribution is -2.28. The Balaban J connectivity index is 1.81. The molecule has 3 rings (SSSR count). The van der Waals surface area contributed by atoms with Crippen molar-refractivity contribution in [1.82, 2.24) is 14.9 Å². The summed E-state index contributed by atoms with van der Waals surface area (Å²) in [5, 5.41) is 4.09. The molecule has 2 aromatic heterocycles. The van der Waals surface area contributed by atoms with E-state index in [9.17, 15) is 4.79 Å². The molecular formula is C26H28ClN5O2. The van der Waals surface area contributed by atoms with Crippen molar-refractivity contribution in [3.8, 4) is 5.75 Å². The average Bonchev–Trinajstić information content (AvgIpc) is 2.84. The Hall–Kier alpha value is -3.84. The molecule has 0 aliphatic rings. The summed E-state index contributed by atoms with van der Waals surface area (Å²) >= 11 is 6.03. The van der Waals surface area contributed by atoms with E-state index in [1.807, 2.05) is 43.3 Å². The maximum absolute atomic E-state index is 13.3. The first-order valence-electron chi connectivity index (χ1n) is 10.9. The number of allylic oxidation sites excluding steroid dienone is 3. The Bertz CT molecular complexity index is 1230. The zero-order valence-electron chi connectivity index (χ0n) is 19.3. The highest BCUT2D eigenvalue weighted by Crippen LogP contribution is 2.24. The van der Waals surface area contributed by atoms with Gasteiger partial charge in [-0.3, -0.25) is 9.78 Å². The van der Waals surface area contributed by atoms with Crippen molar-refractivity contribution in [3.63, 3.8) is 0 Å². The second-order valence-electron chi connectivity index (χ2n) is 7.39. The third-order valence-corrected chi connectivity index (χ3v) is 5.27. The van der Waals surface area contributed by atoms with E-state index in [-0.39, 0.29) is 11.1 Å². The van der Waals surface area contributed by atoms with Gasteiger partial charge < -0.3 is 20.7 Å². The van der Waals surface area contributed by atoms with Crippen LogP contribution in [0.25, 0.3) is 10.9 Å². The molecule has 0 fully saturated rings. The number of carbonyl (C=O) groups excluding carboxylic acids is 1. The number of nitrogens with one attached hydrogen (secondary N) is 1. The van der Waals surface area contributed by atoms with Crippen molar-refractivity contribution in [2.45, 2.75) is 13.3 Å². The summed E-state index contributed by atoms with van der Waals surface area (Å²) in [4.78, 5) is 23.6. The molecule has 176 valence electrons. The predicted octanol–water partition coefficient (Wildman–Crippen LogP) is 4.86. The van der Waals surface area contributed by atoms with Gasteiger partial charge in [-0.05, 0) is 42.8 Å². The largest absolute Gasteiger partial charge is 0.492 e. The lowest BCUT2D eigenvalue weighted by molar-refractivity contribution is 0.0840. The number of rotatable bonds is 10. The van der Waals surface area contributed by atoms with Crippen molar-refractivity contribution in [1.29, 1.82) is 0 Å². The highest BCUT2D eigenvalue weighted by Gasteiger charge is 2.21. The van der Waals surface area contributed by atoms with Crippen molar-refractivity contribution < 1.29 is 9.53 Å². The van der Waals surface area contributed by atoms with E-state index in [2.05, 4.69) is 21.9 Å². The minimum absolute atomic E-state index is 0.000965.